The molecule has 1 aliphatic rings. The third-order valence-electron chi connectivity index (χ3n) is 8.03. The molecule has 3 unspecified atom stereocenters. The first-order chi connectivity index (χ1) is 26.4. The summed E-state index contributed by atoms with van der Waals surface area (Å²) in [6.45, 7) is 1.95. The number of hydrogen-bond acceptors (Lipinski definition) is 23. The SMILES string of the molecule is CCCCC(O)CC(=O)SCCNC(=O)CCNC(=O)[C@H](O)C(C)(C)COP(=O)([O-])OP(=O)([O-])OC[C@H]1O[C@@H](n2cnc3c(N)ncnc32)[C@H](O)[C@@H]1OP(=O)([O-])[O-]. The van der Waals surface area contributed by atoms with Crippen molar-refractivity contribution in [3.05, 3.63) is 12.7 Å². The van der Waals surface area contributed by atoms with Crippen molar-refractivity contribution in [2.75, 3.05) is 37.8 Å². The third kappa shape index (κ3) is 15.6. The Balaban J connectivity index is 1.46. The number of aliphatic hydroxyl groups excluding tert-OH is 3. The summed E-state index contributed by atoms with van der Waals surface area (Å²) in [6.07, 6.45) is -6.15. The number of phosphoric ester groups is 3. The highest BCUT2D eigenvalue weighted by Gasteiger charge is 2.47. The fourth-order valence-corrected chi connectivity index (χ4v) is 8.54. The van der Waals surface area contributed by atoms with Gasteiger partial charge in [-0.3, -0.25) is 28.1 Å². The monoisotopic (exact) mass is 891 g/mol. The van der Waals surface area contributed by atoms with E-state index in [0.29, 0.717) is 6.42 Å². The Morgan fingerprint density at radius 3 is 2.42 bits per heavy atom. The topological polar surface area (TPSA) is 395 Å². The van der Waals surface area contributed by atoms with E-state index in [9.17, 15) is 63.0 Å². The number of nitrogens with two attached hydrogens (primary N) is 1. The van der Waals surface area contributed by atoms with Gasteiger partial charge in [0.25, 0.3) is 15.6 Å². The number of phosphoric acid groups is 3. The van der Waals surface area contributed by atoms with E-state index in [1.165, 1.54) is 13.8 Å². The molecule has 2 aromatic rings. The van der Waals surface area contributed by atoms with Crippen LogP contribution >= 0.6 is 35.2 Å². The van der Waals surface area contributed by atoms with Crippen LogP contribution in [0.1, 0.15) is 59.1 Å². The summed E-state index contributed by atoms with van der Waals surface area (Å²) in [5.74, 6) is -1.34. The molecule has 57 heavy (non-hydrogen) atoms. The van der Waals surface area contributed by atoms with Crippen LogP contribution in [0.25, 0.3) is 11.2 Å². The quantitative estimate of drug-likeness (QED) is 0.0454. The molecule has 1 saturated heterocycles. The molecule has 0 spiro atoms. The predicted octanol–water partition coefficient (Wildman–Crippen LogP) is -2.92. The number of amides is 2. The van der Waals surface area contributed by atoms with E-state index >= 15 is 0 Å². The molecule has 1 fully saturated rings. The Bertz CT molecular complexity index is 1830. The van der Waals surface area contributed by atoms with Gasteiger partial charge in [0, 0.05) is 37.1 Å². The zero-order valence-electron chi connectivity index (χ0n) is 30.8. The van der Waals surface area contributed by atoms with Gasteiger partial charge >= 0.3 is 0 Å². The summed E-state index contributed by atoms with van der Waals surface area (Å²) >= 11 is 0.960. The molecule has 25 nitrogen and oxygen atoms in total. The molecule has 8 atom stereocenters. The first-order valence-electron chi connectivity index (χ1n) is 17.1. The van der Waals surface area contributed by atoms with Crippen molar-refractivity contribution in [3.8, 4) is 0 Å². The zero-order chi connectivity index (χ0) is 42.8. The fraction of sp³-hybridized carbons (Fsp3) is 0.714. The van der Waals surface area contributed by atoms with Gasteiger partial charge in [0.1, 0.15) is 36.3 Å². The molecule has 0 aromatic carbocycles. The molecule has 0 saturated carbocycles. The number of unbranched alkanes of at least 4 members (excludes halogenated alkanes) is 1. The number of ether oxygens (including phenoxy) is 1. The molecule has 0 bridgehead atoms. The van der Waals surface area contributed by atoms with Crippen LogP contribution in [-0.2, 0) is 50.7 Å². The first kappa shape index (κ1) is 48.9. The van der Waals surface area contributed by atoms with Crippen LogP contribution in [0.4, 0.5) is 5.82 Å². The Labute approximate surface area is 329 Å². The average molecular weight is 892 g/mol. The van der Waals surface area contributed by atoms with E-state index in [2.05, 4.69) is 43.5 Å². The standard InChI is InChI=1S/C28H48N7O18P3S/c1-4-5-6-16(36)11-19(38)57-10-9-30-18(37)7-8-31-26(41)23(40)28(2,3)13-50-56(47,48)53-55(45,46)49-12-17-22(52-54(42,43)44)21(39)27(51-17)35-15-34-20-24(29)32-14-33-25(20)35/h14-17,21-23,27,36,39-40H,4-13H2,1-3H3,(H,30,37)(H,31,41)(H,45,46)(H,47,48)(H2,29,32,33)(H2,42,43,44)/p-4/t16?,17-,21-,22-,23+,27-/m1/s1. The number of hydrogen-bond donors (Lipinski definition) is 6. The van der Waals surface area contributed by atoms with E-state index in [4.69, 9.17) is 10.5 Å². The molecular weight excluding hydrogens is 847 g/mol. The van der Waals surface area contributed by atoms with Crippen molar-refractivity contribution in [1.82, 2.24) is 30.2 Å². The van der Waals surface area contributed by atoms with Crippen molar-refractivity contribution >= 4 is 69.1 Å². The van der Waals surface area contributed by atoms with E-state index in [1.54, 1.807) is 0 Å². The molecule has 324 valence electrons. The second-order valence-electron chi connectivity index (χ2n) is 13.2. The minimum absolute atomic E-state index is 0.00495. The number of nitrogens with one attached hydrogen (secondary N) is 2. The lowest BCUT2D eigenvalue weighted by molar-refractivity contribution is -0.347. The average Bonchev–Trinajstić information content (AvgIpc) is 3.67. The van der Waals surface area contributed by atoms with Gasteiger partial charge in [-0.2, -0.15) is 0 Å². The summed E-state index contributed by atoms with van der Waals surface area (Å²) in [5.41, 5.74) is 4.05. The molecule has 2 amide bonds. The number of fused-ring (bicyclic) bond motifs is 1. The second-order valence-corrected chi connectivity index (χ2v) is 18.4. The molecule has 1 aliphatic heterocycles. The van der Waals surface area contributed by atoms with Gasteiger partial charge in [-0.25, -0.2) is 19.3 Å². The van der Waals surface area contributed by atoms with Gasteiger partial charge in [-0.1, -0.05) is 45.4 Å². The van der Waals surface area contributed by atoms with Gasteiger partial charge in [0.05, 0.1) is 33.5 Å². The largest absolute Gasteiger partial charge is 0.790 e. The number of imidazole rings is 1. The highest BCUT2D eigenvalue weighted by atomic mass is 32.2. The van der Waals surface area contributed by atoms with E-state index < -0.39 is 90.7 Å². The number of aromatic nitrogens is 4. The predicted molar refractivity (Wildman–Crippen MR) is 188 cm³/mol. The summed E-state index contributed by atoms with van der Waals surface area (Å²) in [6, 6.07) is 0. The van der Waals surface area contributed by atoms with Gasteiger partial charge in [-0.05, 0) is 6.42 Å². The van der Waals surface area contributed by atoms with Crippen LogP contribution in [0.3, 0.4) is 0 Å². The zero-order valence-corrected chi connectivity index (χ0v) is 34.3. The highest BCUT2D eigenvalue weighted by Crippen LogP contribution is 2.56. The Morgan fingerprint density at radius 2 is 1.75 bits per heavy atom. The lowest BCUT2D eigenvalue weighted by Gasteiger charge is -2.36. The molecule has 2 aromatic heterocycles. The normalized spacial score (nSPS) is 22.1. The Morgan fingerprint density at radius 1 is 1.07 bits per heavy atom. The maximum Gasteiger partial charge on any atom is 0.274 e. The summed E-state index contributed by atoms with van der Waals surface area (Å²) in [7, 11) is -17.6. The number of nitrogens with zero attached hydrogens (tertiary/aromatic N) is 4. The lowest BCUT2D eigenvalue weighted by atomic mass is 9.87. The smallest absolute Gasteiger partial charge is 0.274 e. The summed E-state index contributed by atoms with van der Waals surface area (Å²) in [4.78, 5) is 96.0. The number of thioether (sulfide) groups is 1. The molecule has 7 N–H and O–H groups in total. The van der Waals surface area contributed by atoms with Crippen LogP contribution in [-0.4, -0.2) is 114 Å². The third-order valence-corrected chi connectivity index (χ3v) is 11.9. The number of rotatable bonds is 24. The maximum absolute atomic E-state index is 12.5. The van der Waals surface area contributed by atoms with Gasteiger partial charge in [0.2, 0.25) is 11.8 Å². The Hall–Kier alpha value is -2.48. The van der Waals surface area contributed by atoms with Crippen LogP contribution < -0.4 is 35.9 Å². The maximum atomic E-state index is 12.5. The van der Waals surface area contributed by atoms with E-state index in [0.717, 1.165) is 41.8 Å². The van der Waals surface area contributed by atoms with Crippen LogP contribution in [0, 0.1) is 5.41 Å². The van der Waals surface area contributed by atoms with Crippen molar-refractivity contribution in [2.24, 2.45) is 5.41 Å². The van der Waals surface area contributed by atoms with Crippen molar-refractivity contribution in [1.29, 1.82) is 0 Å². The van der Waals surface area contributed by atoms with Crippen molar-refractivity contribution in [3.63, 3.8) is 0 Å². The molecule has 0 radical (unpaired) electrons. The number of carbonyl (C=O) groups excluding carboxylic acids is 3. The highest BCUT2D eigenvalue weighted by molar-refractivity contribution is 8.13. The molecule has 29 heteroatoms. The molecule has 3 rings (SSSR count). The van der Waals surface area contributed by atoms with Crippen molar-refractivity contribution in [2.45, 2.75) is 89.6 Å². The first-order valence-corrected chi connectivity index (χ1v) is 22.5. The Kier molecular flexibility index (Phi) is 18.2. The van der Waals surface area contributed by atoms with Crippen LogP contribution in [0.5, 0.6) is 0 Å². The number of aliphatic hydroxyl groups is 3. The summed E-state index contributed by atoms with van der Waals surface area (Å²) in [5, 5.41) is 35.7. The second kappa shape index (κ2) is 21.2. The van der Waals surface area contributed by atoms with Crippen LogP contribution in [0.2, 0.25) is 0 Å². The number of carbonyl (C=O) groups is 3. The van der Waals surface area contributed by atoms with Crippen molar-refractivity contribution < 1.29 is 85.6 Å². The van der Waals surface area contributed by atoms with Gasteiger partial charge in [-0.15, -0.1) is 0 Å². The number of anilines is 1. The minimum Gasteiger partial charge on any atom is -0.790 e. The molecular formula is C28H44N7O18P3S-4. The van der Waals surface area contributed by atoms with E-state index in [1.807, 2.05) is 6.92 Å². The van der Waals surface area contributed by atoms with Gasteiger partial charge < -0.3 is 74.1 Å². The molecule has 3 heterocycles. The number of nitrogen functional groups attached to an aromatic ring is 1. The van der Waals surface area contributed by atoms with E-state index in [-0.39, 0.29) is 53.8 Å². The van der Waals surface area contributed by atoms with Gasteiger partial charge in [0.15, 0.2) is 22.8 Å². The van der Waals surface area contributed by atoms with Crippen LogP contribution in [0.15, 0.2) is 12.7 Å². The molecule has 0 aliphatic carbocycles. The summed E-state index contributed by atoms with van der Waals surface area (Å²) < 4.78 is 60.5. The lowest BCUT2D eigenvalue weighted by Crippen LogP contribution is -2.46. The minimum atomic E-state index is -5.92. The fourth-order valence-electron chi connectivity index (χ4n) is 5.07.